The first-order chi connectivity index (χ1) is 11.9. The maximum atomic E-state index is 11.8. The molecule has 8 heteroatoms. The van der Waals surface area contributed by atoms with Crippen molar-refractivity contribution in [2.75, 3.05) is 12.4 Å². The molecule has 0 spiro atoms. The lowest BCUT2D eigenvalue weighted by Gasteiger charge is -2.12. The smallest absolute Gasteiger partial charge is 0.295 e. The summed E-state index contributed by atoms with van der Waals surface area (Å²) in [4.78, 5) is -0.220. The number of nitrogens with zero attached hydrogens (tertiary/aromatic N) is 2. The third-order valence-corrected chi connectivity index (χ3v) is 4.72. The summed E-state index contributed by atoms with van der Waals surface area (Å²) in [5.41, 5.74) is 1.42. The first-order valence-corrected chi connectivity index (χ1v) is 9.10. The van der Waals surface area contributed by atoms with Gasteiger partial charge in [-0.05, 0) is 24.3 Å². The van der Waals surface area contributed by atoms with Crippen LogP contribution in [0, 0.1) is 0 Å². The summed E-state index contributed by atoms with van der Waals surface area (Å²) in [5.74, 6) is 0. The number of anilines is 1. The van der Waals surface area contributed by atoms with Crippen molar-refractivity contribution in [2.24, 2.45) is 10.2 Å². The number of nitrogens with one attached hydrogen (secondary N) is 1. The summed E-state index contributed by atoms with van der Waals surface area (Å²) in [6, 6.07) is 14.9. The number of hydrogen-bond donors (Lipinski definition) is 2. The molecule has 0 unspecified atom stereocenters. The van der Waals surface area contributed by atoms with E-state index in [1.54, 1.807) is 55.6 Å². The van der Waals surface area contributed by atoms with Crippen LogP contribution in [0.2, 0.25) is 5.02 Å². The molecule has 0 heterocycles. The lowest BCUT2D eigenvalue weighted by Crippen LogP contribution is -2.01. The average Bonchev–Trinajstić information content (AvgIpc) is 2.58. The second-order valence-electron chi connectivity index (χ2n) is 5.22. The van der Waals surface area contributed by atoms with Crippen molar-refractivity contribution in [2.45, 2.75) is 4.90 Å². The fourth-order valence-corrected chi connectivity index (χ4v) is 3.43. The van der Waals surface area contributed by atoms with Gasteiger partial charge in [-0.2, -0.15) is 13.5 Å². The average molecular weight is 376 g/mol. The van der Waals surface area contributed by atoms with Crippen molar-refractivity contribution in [1.82, 2.24) is 0 Å². The Balaban J connectivity index is 2.24. The molecular formula is C17H14ClN3O3S. The highest BCUT2D eigenvalue weighted by Crippen LogP contribution is 2.38. The van der Waals surface area contributed by atoms with Gasteiger partial charge in [-0.1, -0.05) is 41.9 Å². The van der Waals surface area contributed by atoms with E-state index in [4.69, 9.17) is 11.6 Å². The van der Waals surface area contributed by atoms with Gasteiger partial charge < -0.3 is 5.32 Å². The molecular weight excluding hydrogens is 362 g/mol. The molecule has 0 saturated heterocycles. The molecule has 3 aromatic carbocycles. The highest BCUT2D eigenvalue weighted by atomic mass is 35.5. The Hall–Kier alpha value is -2.48. The molecule has 0 aliphatic heterocycles. The van der Waals surface area contributed by atoms with E-state index < -0.39 is 10.1 Å². The highest BCUT2D eigenvalue weighted by Gasteiger charge is 2.19. The van der Waals surface area contributed by atoms with Gasteiger partial charge in [0.2, 0.25) is 0 Å². The van der Waals surface area contributed by atoms with Crippen LogP contribution >= 0.6 is 11.6 Å². The second kappa shape index (κ2) is 6.79. The van der Waals surface area contributed by atoms with Gasteiger partial charge in [0.1, 0.15) is 10.6 Å². The second-order valence-corrected chi connectivity index (χ2v) is 7.05. The monoisotopic (exact) mass is 375 g/mol. The molecule has 0 fully saturated rings. The number of azo groups is 1. The Morgan fingerprint density at radius 3 is 2.36 bits per heavy atom. The number of rotatable bonds is 4. The molecule has 3 rings (SSSR count). The van der Waals surface area contributed by atoms with Crippen LogP contribution in [0.1, 0.15) is 0 Å². The van der Waals surface area contributed by atoms with Crippen molar-refractivity contribution in [3.8, 4) is 0 Å². The maximum Gasteiger partial charge on any atom is 0.295 e. The van der Waals surface area contributed by atoms with E-state index in [9.17, 15) is 13.0 Å². The predicted molar refractivity (Wildman–Crippen MR) is 98.9 cm³/mol. The van der Waals surface area contributed by atoms with E-state index in [1.165, 1.54) is 6.07 Å². The molecule has 0 amide bonds. The van der Waals surface area contributed by atoms with Crippen LogP contribution in [-0.2, 0) is 10.1 Å². The molecule has 6 nitrogen and oxygen atoms in total. The van der Waals surface area contributed by atoms with E-state index in [2.05, 4.69) is 15.5 Å². The summed E-state index contributed by atoms with van der Waals surface area (Å²) in [6.45, 7) is 0. The quantitative estimate of drug-likeness (QED) is 0.484. The van der Waals surface area contributed by atoms with E-state index in [0.717, 1.165) is 0 Å². The van der Waals surface area contributed by atoms with Crippen molar-refractivity contribution < 1.29 is 13.0 Å². The molecule has 25 heavy (non-hydrogen) atoms. The topological polar surface area (TPSA) is 91.1 Å². The summed E-state index contributed by atoms with van der Waals surface area (Å²) in [7, 11) is -2.72. The number of halogens is 1. The largest absolute Gasteiger partial charge is 0.386 e. The molecule has 0 bridgehead atoms. The molecule has 0 radical (unpaired) electrons. The van der Waals surface area contributed by atoms with Gasteiger partial charge in [0.25, 0.3) is 10.1 Å². The highest BCUT2D eigenvalue weighted by molar-refractivity contribution is 7.86. The summed E-state index contributed by atoms with van der Waals surface area (Å²) < 4.78 is 33.1. The maximum absolute atomic E-state index is 11.8. The van der Waals surface area contributed by atoms with Gasteiger partial charge in [-0.25, -0.2) is 0 Å². The van der Waals surface area contributed by atoms with E-state index >= 15 is 0 Å². The van der Waals surface area contributed by atoms with Crippen molar-refractivity contribution >= 4 is 49.6 Å². The zero-order valence-corrected chi connectivity index (χ0v) is 14.7. The fourth-order valence-electron chi connectivity index (χ4n) is 2.53. The minimum absolute atomic E-state index is 0.220. The normalized spacial score (nSPS) is 12.0. The fraction of sp³-hybridized carbons (Fsp3) is 0.0588. The number of hydrogen-bond acceptors (Lipinski definition) is 5. The molecule has 0 aromatic heterocycles. The third kappa shape index (κ3) is 3.63. The number of benzene rings is 3. The van der Waals surface area contributed by atoms with Gasteiger partial charge in [0.15, 0.2) is 0 Å². The van der Waals surface area contributed by atoms with Crippen molar-refractivity contribution in [3.63, 3.8) is 0 Å². The molecule has 0 saturated carbocycles. The molecule has 3 aromatic rings. The van der Waals surface area contributed by atoms with Crippen LogP contribution < -0.4 is 5.32 Å². The third-order valence-electron chi connectivity index (χ3n) is 3.60. The van der Waals surface area contributed by atoms with Gasteiger partial charge >= 0.3 is 0 Å². The predicted octanol–water partition coefficient (Wildman–Crippen LogP) is 5.20. The Kier molecular flexibility index (Phi) is 4.71. The Labute approximate surface area is 149 Å². The summed E-state index contributed by atoms with van der Waals surface area (Å²) >= 11 is 5.92. The Morgan fingerprint density at radius 2 is 1.72 bits per heavy atom. The van der Waals surface area contributed by atoms with Gasteiger partial charge in [-0.3, -0.25) is 4.55 Å². The first-order valence-electron chi connectivity index (χ1n) is 7.28. The van der Waals surface area contributed by atoms with Crippen molar-refractivity contribution in [3.05, 3.63) is 59.6 Å². The lowest BCUT2D eigenvalue weighted by molar-refractivity contribution is 0.484. The summed E-state index contributed by atoms with van der Waals surface area (Å²) in [5, 5.41) is 12.8. The standard InChI is InChI=1S/C17H14ClN3O3S/c1-19-17-14-8-3-2-7-13(14)16(25(22,23)24)10-15(17)21-20-12-6-4-5-11(18)9-12/h2-10,19H,1H3,(H,22,23,24)/b21-20+. The van der Waals surface area contributed by atoms with Crippen LogP contribution in [0.5, 0.6) is 0 Å². The van der Waals surface area contributed by atoms with Gasteiger partial charge in [0, 0.05) is 22.8 Å². The summed E-state index contributed by atoms with van der Waals surface area (Å²) in [6.07, 6.45) is 0. The van der Waals surface area contributed by atoms with Crippen LogP contribution in [0.25, 0.3) is 10.8 Å². The first kappa shape index (κ1) is 17.3. The van der Waals surface area contributed by atoms with E-state index in [-0.39, 0.29) is 10.6 Å². The van der Waals surface area contributed by atoms with Crippen LogP contribution in [-0.4, -0.2) is 20.0 Å². The van der Waals surface area contributed by atoms with Crippen LogP contribution in [0.15, 0.2) is 69.7 Å². The minimum atomic E-state index is -4.42. The zero-order valence-electron chi connectivity index (χ0n) is 13.1. The van der Waals surface area contributed by atoms with E-state index in [0.29, 0.717) is 27.2 Å². The Bertz CT molecular complexity index is 1080. The molecule has 128 valence electrons. The molecule has 2 N–H and O–H groups in total. The Morgan fingerprint density at radius 1 is 1.00 bits per heavy atom. The van der Waals surface area contributed by atoms with Gasteiger partial charge in [-0.15, -0.1) is 5.11 Å². The van der Waals surface area contributed by atoms with Crippen LogP contribution in [0.4, 0.5) is 17.1 Å². The molecule has 0 aliphatic carbocycles. The van der Waals surface area contributed by atoms with Gasteiger partial charge in [0.05, 0.1) is 11.4 Å². The molecule has 0 atom stereocenters. The number of fused-ring (bicyclic) bond motifs is 1. The van der Waals surface area contributed by atoms with E-state index in [1.807, 2.05) is 0 Å². The molecule has 0 aliphatic rings. The minimum Gasteiger partial charge on any atom is -0.386 e. The van der Waals surface area contributed by atoms with Crippen LogP contribution in [0.3, 0.4) is 0 Å². The lowest BCUT2D eigenvalue weighted by atomic mass is 10.1. The SMILES string of the molecule is CNc1c(/N=N/c2cccc(Cl)c2)cc(S(=O)(=O)O)c2ccccc12. The van der Waals surface area contributed by atoms with Crippen molar-refractivity contribution in [1.29, 1.82) is 0 Å². The zero-order chi connectivity index (χ0) is 18.0.